The summed E-state index contributed by atoms with van der Waals surface area (Å²) in [4.78, 5) is 26.2. The van der Waals surface area contributed by atoms with E-state index in [9.17, 15) is 9.59 Å². The Morgan fingerprint density at radius 2 is 1.84 bits per heavy atom. The Bertz CT molecular complexity index is 547. The number of benzene rings is 1. The molecule has 140 valence electrons. The van der Waals surface area contributed by atoms with Crippen molar-refractivity contribution in [2.75, 3.05) is 38.2 Å². The van der Waals surface area contributed by atoms with Crippen molar-refractivity contribution in [3.05, 3.63) is 34.9 Å². The standard InChI is InChI=1S/C18H25ClN2O2S.ClH/c1-20-9-6-14-7-10-21(11-8-14)18(23)13-24-12-17(22)15-2-4-16(19)5-3-15;/h2-5,14,20H,6-13H2,1H3;1H. The summed E-state index contributed by atoms with van der Waals surface area (Å²) >= 11 is 7.21. The lowest BCUT2D eigenvalue weighted by atomic mass is 9.93. The van der Waals surface area contributed by atoms with Gasteiger partial charge in [0.25, 0.3) is 0 Å². The first kappa shape index (κ1) is 22.3. The molecule has 0 unspecified atom stereocenters. The highest BCUT2D eigenvalue weighted by molar-refractivity contribution is 8.00. The smallest absolute Gasteiger partial charge is 0.232 e. The van der Waals surface area contributed by atoms with Crippen molar-refractivity contribution in [2.24, 2.45) is 5.92 Å². The number of piperidine rings is 1. The van der Waals surface area contributed by atoms with Crippen molar-refractivity contribution in [3.8, 4) is 0 Å². The number of halogens is 2. The largest absolute Gasteiger partial charge is 0.342 e. The van der Waals surface area contributed by atoms with Crippen molar-refractivity contribution in [1.82, 2.24) is 10.2 Å². The Hall–Kier alpha value is -0.750. The summed E-state index contributed by atoms with van der Waals surface area (Å²) in [5.41, 5.74) is 0.643. The fourth-order valence-electron chi connectivity index (χ4n) is 2.86. The molecule has 0 atom stereocenters. The minimum Gasteiger partial charge on any atom is -0.342 e. The van der Waals surface area contributed by atoms with Gasteiger partial charge in [0.2, 0.25) is 5.91 Å². The molecule has 0 aromatic heterocycles. The first-order valence-electron chi connectivity index (χ1n) is 8.39. The molecule has 1 N–H and O–H groups in total. The van der Waals surface area contributed by atoms with E-state index in [0.717, 1.165) is 38.4 Å². The zero-order chi connectivity index (χ0) is 17.4. The maximum Gasteiger partial charge on any atom is 0.232 e. The molecule has 0 aliphatic carbocycles. The van der Waals surface area contributed by atoms with Gasteiger partial charge in [0, 0.05) is 23.7 Å². The summed E-state index contributed by atoms with van der Waals surface area (Å²) in [5, 5.41) is 3.80. The number of thioether (sulfide) groups is 1. The van der Waals surface area contributed by atoms with Crippen LogP contribution in [0.2, 0.25) is 5.02 Å². The molecule has 2 rings (SSSR count). The molecule has 1 aliphatic heterocycles. The van der Waals surface area contributed by atoms with Gasteiger partial charge in [-0.1, -0.05) is 11.6 Å². The first-order valence-corrected chi connectivity index (χ1v) is 9.92. The number of rotatable bonds is 8. The van der Waals surface area contributed by atoms with Crippen LogP contribution < -0.4 is 5.32 Å². The fraction of sp³-hybridized carbons (Fsp3) is 0.556. The van der Waals surface area contributed by atoms with E-state index in [4.69, 9.17) is 11.6 Å². The van der Waals surface area contributed by atoms with E-state index in [0.29, 0.717) is 22.1 Å². The van der Waals surface area contributed by atoms with Crippen molar-refractivity contribution < 1.29 is 9.59 Å². The molecule has 1 saturated heterocycles. The molecule has 0 saturated carbocycles. The fourth-order valence-corrected chi connectivity index (χ4v) is 3.80. The zero-order valence-electron chi connectivity index (χ0n) is 14.5. The molecule has 1 amide bonds. The number of hydrogen-bond acceptors (Lipinski definition) is 4. The van der Waals surface area contributed by atoms with Crippen LogP contribution in [0, 0.1) is 5.92 Å². The molecule has 1 aromatic rings. The number of nitrogens with one attached hydrogen (secondary N) is 1. The lowest BCUT2D eigenvalue weighted by Gasteiger charge is -2.32. The predicted octanol–water partition coefficient (Wildman–Crippen LogP) is 3.53. The molecule has 4 nitrogen and oxygen atoms in total. The zero-order valence-corrected chi connectivity index (χ0v) is 16.9. The molecule has 0 spiro atoms. The van der Waals surface area contributed by atoms with Gasteiger partial charge < -0.3 is 10.2 Å². The van der Waals surface area contributed by atoms with E-state index in [1.165, 1.54) is 18.2 Å². The lowest BCUT2D eigenvalue weighted by Crippen LogP contribution is -2.40. The number of ketones is 1. The maximum absolute atomic E-state index is 12.2. The monoisotopic (exact) mass is 404 g/mol. The van der Waals surface area contributed by atoms with Gasteiger partial charge in [0.15, 0.2) is 5.78 Å². The summed E-state index contributed by atoms with van der Waals surface area (Å²) in [6.45, 7) is 2.74. The average Bonchev–Trinajstić information content (AvgIpc) is 2.60. The number of nitrogens with zero attached hydrogens (tertiary/aromatic N) is 1. The SMILES string of the molecule is CNCCC1CCN(C(=O)CSCC(=O)c2ccc(Cl)cc2)CC1.Cl. The van der Waals surface area contributed by atoms with Crippen LogP contribution in [0.4, 0.5) is 0 Å². The summed E-state index contributed by atoms with van der Waals surface area (Å²) in [6, 6.07) is 6.87. The highest BCUT2D eigenvalue weighted by atomic mass is 35.5. The summed E-state index contributed by atoms with van der Waals surface area (Å²) in [6.07, 6.45) is 3.35. The second-order valence-electron chi connectivity index (χ2n) is 6.14. The average molecular weight is 405 g/mol. The Morgan fingerprint density at radius 1 is 1.20 bits per heavy atom. The van der Waals surface area contributed by atoms with Crippen LogP contribution in [0.15, 0.2) is 24.3 Å². The molecule has 0 bridgehead atoms. The first-order chi connectivity index (χ1) is 11.6. The molecule has 7 heteroatoms. The number of carbonyl (C=O) groups excluding carboxylic acids is 2. The van der Waals surface area contributed by atoms with Crippen LogP contribution >= 0.6 is 35.8 Å². The Morgan fingerprint density at radius 3 is 2.44 bits per heavy atom. The van der Waals surface area contributed by atoms with Gasteiger partial charge in [-0.2, -0.15) is 0 Å². The van der Waals surface area contributed by atoms with Gasteiger partial charge in [0.05, 0.1) is 11.5 Å². The van der Waals surface area contributed by atoms with E-state index in [-0.39, 0.29) is 24.1 Å². The highest BCUT2D eigenvalue weighted by Crippen LogP contribution is 2.21. The summed E-state index contributed by atoms with van der Waals surface area (Å²) in [5.74, 6) is 1.61. The van der Waals surface area contributed by atoms with Gasteiger partial charge in [-0.05, 0) is 63.0 Å². The number of amides is 1. The van der Waals surface area contributed by atoms with Crippen LogP contribution in [-0.4, -0.2) is 54.8 Å². The molecule has 1 aromatic carbocycles. The molecule has 1 heterocycles. The molecule has 25 heavy (non-hydrogen) atoms. The second kappa shape index (κ2) is 11.8. The van der Waals surface area contributed by atoms with E-state index in [1.54, 1.807) is 24.3 Å². The Labute approximate surface area is 165 Å². The third-order valence-corrected chi connectivity index (χ3v) is 5.56. The second-order valence-corrected chi connectivity index (χ2v) is 7.56. The minimum absolute atomic E-state index is 0. The summed E-state index contributed by atoms with van der Waals surface area (Å²) in [7, 11) is 1.97. The normalized spacial score (nSPS) is 14.9. The molecule has 1 aliphatic rings. The minimum atomic E-state index is 0. The van der Waals surface area contributed by atoms with Crippen LogP contribution in [0.5, 0.6) is 0 Å². The van der Waals surface area contributed by atoms with Crippen molar-refractivity contribution in [2.45, 2.75) is 19.3 Å². The third-order valence-electron chi connectivity index (χ3n) is 4.39. The molecular formula is C18H26Cl2N2O2S. The van der Waals surface area contributed by atoms with Gasteiger partial charge in [-0.3, -0.25) is 9.59 Å². The van der Waals surface area contributed by atoms with Gasteiger partial charge in [-0.25, -0.2) is 0 Å². The topological polar surface area (TPSA) is 49.4 Å². The van der Waals surface area contributed by atoms with Crippen LogP contribution in [0.25, 0.3) is 0 Å². The van der Waals surface area contributed by atoms with E-state index >= 15 is 0 Å². The van der Waals surface area contributed by atoms with E-state index in [1.807, 2.05) is 11.9 Å². The maximum atomic E-state index is 12.2. The quantitative estimate of drug-likeness (QED) is 0.673. The van der Waals surface area contributed by atoms with Crippen LogP contribution in [0.3, 0.4) is 0 Å². The summed E-state index contributed by atoms with van der Waals surface area (Å²) < 4.78 is 0. The Kier molecular flexibility index (Phi) is 10.5. The predicted molar refractivity (Wildman–Crippen MR) is 108 cm³/mol. The lowest BCUT2D eigenvalue weighted by molar-refractivity contribution is -0.129. The number of hydrogen-bond donors (Lipinski definition) is 1. The van der Waals surface area contributed by atoms with Gasteiger partial charge in [0.1, 0.15) is 0 Å². The van der Waals surface area contributed by atoms with Crippen LogP contribution in [-0.2, 0) is 4.79 Å². The van der Waals surface area contributed by atoms with Crippen LogP contribution in [0.1, 0.15) is 29.6 Å². The number of Topliss-reactive ketones (excluding diaryl/α,β-unsaturated/α-hetero) is 1. The Balaban J connectivity index is 0.00000312. The third kappa shape index (κ3) is 7.57. The van der Waals surface area contributed by atoms with Crippen molar-refractivity contribution >= 4 is 47.5 Å². The van der Waals surface area contributed by atoms with Crippen molar-refractivity contribution in [1.29, 1.82) is 0 Å². The van der Waals surface area contributed by atoms with E-state index < -0.39 is 0 Å². The molecule has 1 fully saturated rings. The molecular weight excluding hydrogens is 379 g/mol. The molecule has 0 radical (unpaired) electrons. The van der Waals surface area contributed by atoms with Gasteiger partial charge in [-0.15, -0.1) is 24.2 Å². The van der Waals surface area contributed by atoms with Crippen molar-refractivity contribution in [3.63, 3.8) is 0 Å². The number of likely N-dealkylation sites (tertiary alicyclic amines) is 1. The highest BCUT2D eigenvalue weighted by Gasteiger charge is 2.22. The van der Waals surface area contributed by atoms with E-state index in [2.05, 4.69) is 5.32 Å². The van der Waals surface area contributed by atoms with Gasteiger partial charge >= 0.3 is 0 Å². The number of carbonyl (C=O) groups is 2.